The Hall–Kier alpha value is -2.77. The standard InChI is InChI=1S/C21H29NO12/c1-8(23)28-7-15-17(29-9(2)24)18(30-10(3)25)19(31-11(4)26)21(34-15)33-14-6-12-5-13(16(14)22)20(27)32-12/h12-19,21H,5-7,22H2,1-4H3/t12-,13+,14-,15-,16+,17-,18+,19-,21-/m1/s1. The van der Waals surface area contributed by atoms with E-state index in [2.05, 4.69) is 0 Å². The Balaban J connectivity index is 1.92. The number of nitrogens with two attached hydrogens (primary N) is 1. The van der Waals surface area contributed by atoms with Crippen molar-refractivity contribution in [3.05, 3.63) is 0 Å². The van der Waals surface area contributed by atoms with Crippen LogP contribution >= 0.6 is 0 Å². The van der Waals surface area contributed by atoms with E-state index in [1.54, 1.807) is 0 Å². The lowest BCUT2D eigenvalue weighted by Gasteiger charge is -2.45. The summed E-state index contributed by atoms with van der Waals surface area (Å²) in [5, 5.41) is 0. The van der Waals surface area contributed by atoms with Crippen LogP contribution in [-0.2, 0) is 57.1 Å². The Morgan fingerprint density at radius 2 is 1.47 bits per heavy atom. The molecule has 1 saturated carbocycles. The van der Waals surface area contributed by atoms with Crippen molar-refractivity contribution in [2.45, 2.75) is 89.5 Å². The molecule has 3 rings (SSSR count). The van der Waals surface area contributed by atoms with E-state index in [-0.39, 0.29) is 19.1 Å². The highest BCUT2D eigenvalue weighted by Crippen LogP contribution is 2.38. The van der Waals surface area contributed by atoms with Crippen LogP contribution in [0.2, 0.25) is 0 Å². The lowest BCUT2D eigenvalue weighted by atomic mass is 9.83. The molecule has 0 aromatic rings. The molecule has 2 N–H and O–H groups in total. The summed E-state index contributed by atoms with van der Waals surface area (Å²) in [5.41, 5.74) is 6.24. The van der Waals surface area contributed by atoms with Gasteiger partial charge in [-0.1, -0.05) is 0 Å². The molecular weight excluding hydrogens is 458 g/mol. The zero-order valence-electron chi connectivity index (χ0n) is 19.3. The Morgan fingerprint density at radius 3 is 2.06 bits per heavy atom. The van der Waals surface area contributed by atoms with Gasteiger partial charge in [-0.2, -0.15) is 0 Å². The van der Waals surface area contributed by atoms with Gasteiger partial charge in [0, 0.05) is 40.2 Å². The second kappa shape index (κ2) is 10.7. The highest BCUT2D eigenvalue weighted by molar-refractivity contribution is 5.76. The van der Waals surface area contributed by atoms with E-state index in [9.17, 15) is 24.0 Å². The predicted molar refractivity (Wildman–Crippen MR) is 107 cm³/mol. The van der Waals surface area contributed by atoms with E-state index in [1.165, 1.54) is 6.92 Å². The largest absolute Gasteiger partial charge is 0.463 e. The molecule has 9 atom stereocenters. The molecule has 13 nitrogen and oxygen atoms in total. The molecule has 2 aliphatic heterocycles. The van der Waals surface area contributed by atoms with Crippen LogP contribution < -0.4 is 5.73 Å². The number of ether oxygens (including phenoxy) is 7. The average molecular weight is 487 g/mol. The van der Waals surface area contributed by atoms with Gasteiger partial charge >= 0.3 is 29.8 Å². The number of rotatable bonds is 7. The molecule has 1 aliphatic carbocycles. The first kappa shape index (κ1) is 25.8. The molecule has 0 spiro atoms. The molecule has 0 radical (unpaired) electrons. The average Bonchev–Trinajstić information content (AvgIpc) is 3.03. The van der Waals surface area contributed by atoms with E-state index in [0.29, 0.717) is 6.42 Å². The number of carbonyl (C=O) groups is 5. The Labute approximate surface area is 195 Å². The fourth-order valence-electron chi connectivity index (χ4n) is 4.43. The first-order valence-electron chi connectivity index (χ1n) is 10.9. The molecule has 3 aliphatic rings. The van der Waals surface area contributed by atoms with Crippen LogP contribution in [-0.4, -0.2) is 85.4 Å². The normalized spacial score (nSPS) is 36.7. The zero-order chi connectivity index (χ0) is 25.2. The molecule has 2 saturated heterocycles. The van der Waals surface area contributed by atoms with E-state index in [4.69, 9.17) is 38.9 Å². The number of hydrogen-bond acceptors (Lipinski definition) is 13. The minimum atomic E-state index is -1.36. The predicted octanol–water partition coefficient (Wildman–Crippen LogP) is -0.883. The Kier molecular flexibility index (Phi) is 8.10. The smallest absolute Gasteiger partial charge is 0.311 e. The minimum Gasteiger partial charge on any atom is -0.463 e. The van der Waals surface area contributed by atoms with Gasteiger partial charge in [0.2, 0.25) is 0 Å². The maximum Gasteiger partial charge on any atom is 0.311 e. The molecule has 0 unspecified atom stereocenters. The fourth-order valence-corrected chi connectivity index (χ4v) is 4.43. The molecule has 0 aromatic heterocycles. The fraction of sp³-hybridized carbons (Fsp3) is 0.762. The summed E-state index contributed by atoms with van der Waals surface area (Å²) in [6.45, 7) is 4.19. The molecule has 34 heavy (non-hydrogen) atoms. The van der Waals surface area contributed by atoms with Crippen LogP contribution in [0, 0.1) is 5.92 Å². The molecule has 2 bridgehead atoms. The first-order valence-corrected chi connectivity index (χ1v) is 10.9. The highest BCUT2D eigenvalue weighted by Gasteiger charge is 2.55. The Morgan fingerprint density at radius 1 is 0.882 bits per heavy atom. The van der Waals surface area contributed by atoms with Crippen molar-refractivity contribution in [1.82, 2.24) is 0 Å². The zero-order valence-corrected chi connectivity index (χ0v) is 19.3. The van der Waals surface area contributed by atoms with Gasteiger partial charge in [0.1, 0.15) is 18.8 Å². The van der Waals surface area contributed by atoms with Gasteiger partial charge in [-0.25, -0.2) is 0 Å². The Bertz CT molecular complexity index is 831. The number of carbonyl (C=O) groups excluding carboxylic acids is 5. The SMILES string of the molecule is CC(=O)OC[C@H]1O[C@@H](O[C@@H]2C[C@H]3C[C@H](C(=O)O3)[C@@H]2N)[C@H](OC(C)=O)[C@@H](OC(C)=O)[C@@H]1OC(C)=O. The lowest BCUT2D eigenvalue weighted by Crippen LogP contribution is -2.64. The third-order valence-corrected chi connectivity index (χ3v) is 5.75. The van der Waals surface area contributed by atoms with Crippen molar-refractivity contribution in [1.29, 1.82) is 0 Å². The van der Waals surface area contributed by atoms with Gasteiger partial charge < -0.3 is 38.9 Å². The lowest BCUT2D eigenvalue weighted by molar-refractivity contribution is -0.320. The molecule has 0 aromatic carbocycles. The van der Waals surface area contributed by atoms with Crippen molar-refractivity contribution in [2.75, 3.05) is 6.61 Å². The summed E-state index contributed by atoms with van der Waals surface area (Å²) < 4.78 is 38.3. The maximum atomic E-state index is 12.0. The van der Waals surface area contributed by atoms with Crippen LogP contribution in [0.25, 0.3) is 0 Å². The van der Waals surface area contributed by atoms with E-state index < -0.39 is 78.6 Å². The molecule has 190 valence electrons. The van der Waals surface area contributed by atoms with Crippen LogP contribution in [0.4, 0.5) is 0 Å². The van der Waals surface area contributed by atoms with Gasteiger partial charge in [0.05, 0.1) is 12.0 Å². The molecule has 0 amide bonds. The summed E-state index contributed by atoms with van der Waals surface area (Å²) in [6.07, 6.45) is -6.85. The quantitative estimate of drug-likeness (QED) is 0.346. The van der Waals surface area contributed by atoms with Gasteiger partial charge in [0.15, 0.2) is 24.6 Å². The van der Waals surface area contributed by atoms with E-state index in [0.717, 1.165) is 20.8 Å². The third kappa shape index (κ3) is 6.02. The molecular formula is C21H29NO12. The maximum absolute atomic E-state index is 12.0. The number of fused-ring (bicyclic) bond motifs is 2. The topological polar surface area (TPSA) is 176 Å². The van der Waals surface area contributed by atoms with Crippen molar-refractivity contribution in [3.63, 3.8) is 0 Å². The van der Waals surface area contributed by atoms with E-state index >= 15 is 0 Å². The molecule has 13 heteroatoms. The van der Waals surface area contributed by atoms with Crippen molar-refractivity contribution < 1.29 is 57.1 Å². The van der Waals surface area contributed by atoms with Gasteiger partial charge in [-0.05, 0) is 6.42 Å². The van der Waals surface area contributed by atoms with Crippen LogP contribution in [0.5, 0.6) is 0 Å². The summed E-state index contributed by atoms with van der Waals surface area (Å²) in [5.74, 6) is -3.83. The van der Waals surface area contributed by atoms with Gasteiger partial charge in [-0.3, -0.25) is 24.0 Å². The van der Waals surface area contributed by atoms with Gasteiger partial charge in [-0.15, -0.1) is 0 Å². The van der Waals surface area contributed by atoms with Crippen LogP contribution in [0.3, 0.4) is 0 Å². The summed E-state index contributed by atoms with van der Waals surface area (Å²) in [6, 6.07) is -0.724. The summed E-state index contributed by atoms with van der Waals surface area (Å²) >= 11 is 0. The van der Waals surface area contributed by atoms with Crippen LogP contribution in [0.15, 0.2) is 0 Å². The van der Waals surface area contributed by atoms with Crippen LogP contribution in [0.1, 0.15) is 40.5 Å². The second-order valence-corrected chi connectivity index (χ2v) is 8.46. The third-order valence-electron chi connectivity index (χ3n) is 5.75. The van der Waals surface area contributed by atoms with Crippen molar-refractivity contribution in [2.24, 2.45) is 11.7 Å². The van der Waals surface area contributed by atoms with Gasteiger partial charge in [0.25, 0.3) is 0 Å². The number of esters is 5. The van der Waals surface area contributed by atoms with Crippen molar-refractivity contribution in [3.8, 4) is 0 Å². The summed E-state index contributed by atoms with van der Waals surface area (Å²) in [7, 11) is 0. The van der Waals surface area contributed by atoms with Crippen molar-refractivity contribution >= 4 is 29.8 Å². The second-order valence-electron chi connectivity index (χ2n) is 8.46. The molecule has 2 heterocycles. The minimum absolute atomic E-state index is 0.274. The van der Waals surface area contributed by atoms with E-state index in [1.807, 2.05) is 0 Å². The summed E-state index contributed by atoms with van der Waals surface area (Å²) in [4.78, 5) is 59.0. The first-order chi connectivity index (χ1) is 16.0. The monoisotopic (exact) mass is 487 g/mol. The number of hydrogen-bond donors (Lipinski definition) is 1. The highest BCUT2D eigenvalue weighted by atomic mass is 16.7. The molecule has 3 fully saturated rings.